The lowest BCUT2D eigenvalue weighted by atomic mass is 10.2. The average Bonchev–Trinajstić information content (AvgIpc) is 1.98. The Morgan fingerprint density at radius 2 is 2.12 bits per heavy atom. The van der Waals surface area contributed by atoms with Crippen LogP contribution in [-0.4, -0.2) is 35.1 Å². The minimum absolute atomic E-state index is 0.204. The molecule has 1 aliphatic heterocycles. The molecule has 3 nitrogen and oxygen atoms in total. The van der Waals surface area contributed by atoms with E-state index in [4.69, 9.17) is 14.9 Å². The van der Waals surface area contributed by atoms with E-state index in [-0.39, 0.29) is 12.7 Å². The maximum Gasteiger partial charge on any atom is 0.108 e. The Morgan fingerprint density at radius 3 is 2.25 bits per heavy atom. The summed E-state index contributed by atoms with van der Waals surface area (Å²) < 4.78 is 4.88. The van der Waals surface area contributed by atoms with E-state index in [0.29, 0.717) is 0 Å². The van der Waals surface area contributed by atoms with Gasteiger partial charge in [0.15, 0.2) is 0 Å². The van der Waals surface area contributed by atoms with Gasteiger partial charge in [0.25, 0.3) is 0 Å². The fourth-order valence-electron chi connectivity index (χ4n) is 0.760. The predicted octanol–water partition coefficient (Wildman–Crippen LogP) is -0.873. The Labute approximate surface area is 47.9 Å². The second-order valence-corrected chi connectivity index (χ2v) is 2.10. The van der Waals surface area contributed by atoms with Crippen LogP contribution >= 0.6 is 0 Å². The second-order valence-electron chi connectivity index (χ2n) is 2.10. The highest BCUT2D eigenvalue weighted by molar-refractivity contribution is 4.79. The van der Waals surface area contributed by atoms with Crippen molar-refractivity contribution in [3.63, 3.8) is 0 Å². The van der Waals surface area contributed by atoms with Gasteiger partial charge in [-0.1, -0.05) is 0 Å². The lowest BCUT2D eigenvalue weighted by Gasteiger charge is -2.07. The summed E-state index contributed by atoms with van der Waals surface area (Å²) in [4.78, 5) is 0. The number of rotatable bonds is 0. The smallest absolute Gasteiger partial charge is 0.108 e. The fourth-order valence-corrected chi connectivity index (χ4v) is 0.760. The SMILES string of the molecule is C[C@@H]1OCC(O)[C@@H]1O. The van der Waals surface area contributed by atoms with Gasteiger partial charge >= 0.3 is 0 Å². The van der Waals surface area contributed by atoms with Crippen LogP contribution < -0.4 is 0 Å². The van der Waals surface area contributed by atoms with Crippen molar-refractivity contribution in [1.82, 2.24) is 0 Å². The summed E-state index contributed by atoms with van der Waals surface area (Å²) in [6.07, 6.45) is -1.56. The molecular formula is C5H10O3. The molecule has 0 radical (unpaired) electrons. The summed E-state index contributed by atoms with van der Waals surface area (Å²) in [6.45, 7) is 2.00. The van der Waals surface area contributed by atoms with Crippen molar-refractivity contribution in [3.05, 3.63) is 0 Å². The first kappa shape index (κ1) is 6.01. The molecule has 0 aliphatic carbocycles. The van der Waals surface area contributed by atoms with Crippen molar-refractivity contribution in [2.45, 2.75) is 25.2 Å². The third kappa shape index (κ3) is 0.844. The Balaban J connectivity index is 2.44. The monoisotopic (exact) mass is 118 g/mol. The number of ether oxygens (including phenoxy) is 1. The maximum atomic E-state index is 8.89. The zero-order valence-electron chi connectivity index (χ0n) is 4.74. The minimum Gasteiger partial charge on any atom is -0.388 e. The highest BCUT2D eigenvalue weighted by Crippen LogP contribution is 2.12. The van der Waals surface area contributed by atoms with Crippen molar-refractivity contribution in [2.24, 2.45) is 0 Å². The van der Waals surface area contributed by atoms with E-state index >= 15 is 0 Å². The second kappa shape index (κ2) is 2.01. The molecule has 1 rings (SSSR count). The van der Waals surface area contributed by atoms with Crippen LogP contribution in [0.3, 0.4) is 0 Å². The standard InChI is InChI=1S/C5H10O3/c1-3-5(7)4(6)2-8-3/h3-7H,2H2,1H3/t3-,4?,5+/m0/s1. The topological polar surface area (TPSA) is 49.7 Å². The summed E-state index contributed by atoms with van der Waals surface area (Å²) in [7, 11) is 0. The zero-order valence-corrected chi connectivity index (χ0v) is 4.74. The Morgan fingerprint density at radius 1 is 1.50 bits per heavy atom. The van der Waals surface area contributed by atoms with Gasteiger partial charge in [0.1, 0.15) is 12.2 Å². The van der Waals surface area contributed by atoms with Crippen LogP contribution in [0, 0.1) is 0 Å². The molecule has 0 aromatic carbocycles. The summed E-state index contributed by atoms with van der Waals surface area (Å²) in [5.74, 6) is 0. The van der Waals surface area contributed by atoms with Gasteiger partial charge < -0.3 is 14.9 Å². The Hall–Kier alpha value is -0.120. The molecule has 1 heterocycles. The molecular weight excluding hydrogens is 108 g/mol. The molecule has 0 saturated carbocycles. The normalized spacial score (nSPS) is 47.6. The molecule has 1 aliphatic rings. The highest BCUT2D eigenvalue weighted by atomic mass is 16.5. The summed E-state index contributed by atoms with van der Waals surface area (Å²) in [5.41, 5.74) is 0. The van der Waals surface area contributed by atoms with Crippen LogP contribution in [0.2, 0.25) is 0 Å². The van der Waals surface area contributed by atoms with Crippen LogP contribution in [0.5, 0.6) is 0 Å². The van der Waals surface area contributed by atoms with Crippen molar-refractivity contribution < 1.29 is 14.9 Å². The number of aliphatic hydroxyl groups is 2. The van der Waals surface area contributed by atoms with Crippen molar-refractivity contribution in [2.75, 3.05) is 6.61 Å². The van der Waals surface area contributed by atoms with Crippen molar-refractivity contribution in [3.8, 4) is 0 Å². The first-order chi connectivity index (χ1) is 3.72. The lowest BCUT2D eigenvalue weighted by molar-refractivity contribution is 0.0318. The minimum atomic E-state index is -0.685. The van der Waals surface area contributed by atoms with E-state index in [2.05, 4.69) is 0 Å². The van der Waals surface area contributed by atoms with Gasteiger partial charge in [-0.2, -0.15) is 0 Å². The molecule has 2 N–H and O–H groups in total. The summed E-state index contributed by atoms with van der Waals surface area (Å²) in [5, 5.41) is 17.7. The van der Waals surface area contributed by atoms with Gasteiger partial charge in [-0.25, -0.2) is 0 Å². The van der Waals surface area contributed by atoms with E-state index in [9.17, 15) is 0 Å². The molecule has 1 saturated heterocycles. The molecule has 0 aromatic heterocycles. The van der Waals surface area contributed by atoms with Crippen molar-refractivity contribution in [1.29, 1.82) is 0 Å². The third-order valence-electron chi connectivity index (χ3n) is 1.41. The van der Waals surface area contributed by atoms with Crippen LogP contribution in [0.15, 0.2) is 0 Å². The molecule has 0 aromatic rings. The molecule has 48 valence electrons. The third-order valence-corrected chi connectivity index (χ3v) is 1.41. The van der Waals surface area contributed by atoms with E-state index < -0.39 is 12.2 Å². The van der Waals surface area contributed by atoms with Crippen molar-refractivity contribution >= 4 is 0 Å². The van der Waals surface area contributed by atoms with Crippen LogP contribution in [0.4, 0.5) is 0 Å². The van der Waals surface area contributed by atoms with Crippen LogP contribution in [-0.2, 0) is 4.74 Å². The van der Waals surface area contributed by atoms with E-state index in [0.717, 1.165) is 0 Å². The quantitative estimate of drug-likeness (QED) is 0.434. The molecule has 3 atom stereocenters. The van der Waals surface area contributed by atoms with E-state index in [1.165, 1.54) is 0 Å². The maximum absolute atomic E-state index is 8.89. The average molecular weight is 118 g/mol. The van der Waals surface area contributed by atoms with E-state index in [1.54, 1.807) is 6.92 Å². The fraction of sp³-hybridized carbons (Fsp3) is 1.00. The number of aliphatic hydroxyl groups excluding tert-OH is 2. The molecule has 0 spiro atoms. The predicted molar refractivity (Wildman–Crippen MR) is 27.4 cm³/mol. The summed E-state index contributed by atoms with van der Waals surface area (Å²) >= 11 is 0. The molecule has 8 heavy (non-hydrogen) atoms. The molecule has 3 heteroatoms. The zero-order chi connectivity index (χ0) is 6.15. The first-order valence-electron chi connectivity index (χ1n) is 2.69. The Kier molecular flexibility index (Phi) is 1.51. The molecule has 1 fully saturated rings. The van der Waals surface area contributed by atoms with E-state index in [1.807, 2.05) is 0 Å². The number of hydrogen-bond acceptors (Lipinski definition) is 3. The molecule has 1 unspecified atom stereocenters. The molecule has 0 bridgehead atoms. The summed E-state index contributed by atoms with van der Waals surface area (Å²) in [6, 6.07) is 0. The Bertz CT molecular complexity index is 73.7. The molecule has 0 amide bonds. The highest BCUT2D eigenvalue weighted by Gasteiger charge is 2.30. The van der Waals surface area contributed by atoms with Gasteiger partial charge in [-0.05, 0) is 6.92 Å². The van der Waals surface area contributed by atoms with Crippen LogP contribution in [0.25, 0.3) is 0 Å². The first-order valence-corrected chi connectivity index (χ1v) is 2.69. The van der Waals surface area contributed by atoms with Crippen LogP contribution in [0.1, 0.15) is 6.92 Å². The van der Waals surface area contributed by atoms with Gasteiger partial charge in [-0.15, -0.1) is 0 Å². The van der Waals surface area contributed by atoms with Gasteiger partial charge in [0.2, 0.25) is 0 Å². The van der Waals surface area contributed by atoms with Gasteiger partial charge in [0.05, 0.1) is 12.7 Å². The largest absolute Gasteiger partial charge is 0.388 e. The van der Waals surface area contributed by atoms with Gasteiger partial charge in [-0.3, -0.25) is 0 Å². The number of hydrogen-bond donors (Lipinski definition) is 2. The lowest BCUT2D eigenvalue weighted by Crippen LogP contribution is -2.27. The van der Waals surface area contributed by atoms with Gasteiger partial charge in [0, 0.05) is 0 Å².